The van der Waals surface area contributed by atoms with Gasteiger partial charge in [-0.25, -0.2) is 13.1 Å². The van der Waals surface area contributed by atoms with Crippen molar-refractivity contribution in [2.24, 2.45) is 0 Å². The Kier molecular flexibility index (Phi) is 3.92. The maximum atomic E-state index is 12.2. The van der Waals surface area contributed by atoms with Gasteiger partial charge in [-0.2, -0.15) is 0 Å². The van der Waals surface area contributed by atoms with Gasteiger partial charge in [0.05, 0.1) is 10.8 Å². The first-order valence-corrected chi connectivity index (χ1v) is 8.44. The lowest BCUT2D eigenvalue weighted by molar-refractivity contribution is -0.139. The van der Waals surface area contributed by atoms with Crippen LogP contribution in [0.3, 0.4) is 0 Å². The predicted octanol–water partition coefficient (Wildman–Crippen LogP) is 2.39. The molecule has 0 atom stereocenters. The first-order chi connectivity index (χ1) is 8.74. The van der Waals surface area contributed by atoms with Gasteiger partial charge in [-0.15, -0.1) is 11.3 Å². The first-order valence-electron chi connectivity index (χ1n) is 5.76. The smallest absolute Gasteiger partial charge is 0.305 e. The lowest BCUT2D eigenvalue weighted by atomic mass is 9.75. The number of aliphatic carboxylic acids is 1. The average Bonchev–Trinajstić information content (AvgIpc) is 2.56. The molecule has 2 N–H and O–H groups in total. The molecule has 5 nitrogen and oxygen atoms in total. The quantitative estimate of drug-likeness (QED) is 0.871. The summed E-state index contributed by atoms with van der Waals surface area (Å²) >= 11 is 6.85. The molecular weight excluding hydrogens is 310 g/mol. The van der Waals surface area contributed by atoms with Gasteiger partial charge in [0.1, 0.15) is 4.21 Å². The Bertz CT molecular complexity index is 585. The van der Waals surface area contributed by atoms with Gasteiger partial charge in [-0.05, 0) is 37.8 Å². The van der Waals surface area contributed by atoms with Crippen LogP contribution in [0.1, 0.15) is 31.2 Å². The Hall–Kier alpha value is -0.630. The highest BCUT2D eigenvalue weighted by Gasteiger charge is 2.42. The van der Waals surface area contributed by atoms with Crippen LogP contribution in [-0.4, -0.2) is 25.0 Å². The second-order valence-corrected chi connectivity index (χ2v) is 8.40. The van der Waals surface area contributed by atoms with E-state index in [9.17, 15) is 13.2 Å². The summed E-state index contributed by atoms with van der Waals surface area (Å²) < 4.78 is 27.6. The molecule has 0 unspecified atom stereocenters. The second-order valence-electron chi connectivity index (χ2n) is 4.83. The summed E-state index contributed by atoms with van der Waals surface area (Å²) in [5.74, 6) is -0.997. The van der Waals surface area contributed by atoms with Gasteiger partial charge >= 0.3 is 5.97 Å². The molecule has 0 aromatic carbocycles. The number of hydrogen-bond donors (Lipinski definition) is 2. The van der Waals surface area contributed by atoms with Crippen LogP contribution < -0.4 is 4.72 Å². The SMILES string of the molecule is Cc1cc(S(=O)(=O)NC2(CC(=O)O)CCC2)sc1Cl. The van der Waals surface area contributed by atoms with Crippen LogP contribution in [0.25, 0.3) is 0 Å². The Labute approximate surface area is 120 Å². The fraction of sp³-hybridized carbons (Fsp3) is 0.545. The van der Waals surface area contributed by atoms with Crippen molar-refractivity contribution in [2.45, 2.75) is 42.4 Å². The molecule has 1 aromatic rings. The van der Waals surface area contributed by atoms with Crippen LogP contribution in [0.15, 0.2) is 10.3 Å². The van der Waals surface area contributed by atoms with Crippen molar-refractivity contribution in [1.29, 1.82) is 0 Å². The number of halogens is 1. The van der Waals surface area contributed by atoms with E-state index in [1.807, 2.05) is 0 Å². The fourth-order valence-corrected chi connectivity index (χ4v) is 5.27. The number of carboxylic acid groups (broad SMARTS) is 1. The van der Waals surface area contributed by atoms with Gasteiger partial charge in [0.25, 0.3) is 10.0 Å². The molecule has 8 heteroatoms. The standard InChI is InChI=1S/C11H14ClNO4S2/c1-7-5-9(18-10(7)12)19(16,17)13-11(3-2-4-11)6-8(14)15/h5,13H,2-4,6H2,1H3,(H,14,15). The van der Waals surface area contributed by atoms with Crippen LogP contribution in [0, 0.1) is 6.92 Å². The monoisotopic (exact) mass is 323 g/mol. The zero-order valence-electron chi connectivity index (χ0n) is 10.3. The summed E-state index contributed by atoms with van der Waals surface area (Å²) in [5, 5.41) is 8.88. The summed E-state index contributed by atoms with van der Waals surface area (Å²) in [6.07, 6.45) is 1.75. The van der Waals surface area contributed by atoms with Crippen LogP contribution in [-0.2, 0) is 14.8 Å². The van der Waals surface area contributed by atoms with E-state index in [0.29, 0.717) is 22.7 Å². The summed E-state index contributed by atoms with van der Waals surface area (Å²) in [6.45, 7) is 1.73. The third-order valence-electron chi connectivity index (χ3n) is 3.25. The van der Waals surface area contributed by atoms with Crippen molar-refractivity contribution in [2.75, 3.05) is 0 Å². The van der Waals surface area contributed by atoms with E-state index in [2.05, 4.69) is 4.72 Å². The van der Waals surface area contributed by atoms with Crippen LogP contribution in [0.5, 0.6) is 0 Å². The molecule has 19 heavy (non-hydrogen) atoms. The molecule has 1 aliphatic carbocycles. The molecule has 2 rings (SSSR count). The van der Waals surface area contributed by atoms with E-state index in [4.69, 9.17) is 16.7 Å². The molecule has 1 aliphatic rings. The molecule has 0 saturated heterocycles. The van der Waals surface area contributed by atoms with E-state index in [1.54, 1.807) is 6.92 Å². The van der Waals surface area contributed by atoms with E-state index >= 15 is 0 Å². The Balaban J connectivity index is 2.23. The molecule has 0 spiro atoms. The van der Waals surface area contributed by atoms with Crippen LogP contribution in [0.2, 0.25) is 4.34 Å². The number of rotatable bonds is 5. The van der Waals surface area contributed by atoms with Gasteiger partial charge in [0, 0.05) is 5.54 Å². The van der Waals surface area contributed by atoms with E-state index in [1.165, 1.54) is 6.07 Å². The highest BCUT2D eigenvalue weighted by atomic mass is 35.5. The molecule has 1 saturated carbocycles. The lowest BCUT2D eigenvalue weighted by Crippen LogP contribution is -2.54. The predicted molar refractivity (Wildman–Crippen MR) is 73.2 cm³/mol. The second kappa shape index (κ2) is 5.05. The minimum atomic E-state index is -3.71. The van der Waals surface area contributed by atoms with Gasteiger partial charge in [-0.3, -0.25) is 4.79 Å². The van der Waals surface area contributed by atoms with E-state index in [0.717, 1.165) is 17.8 Å². The molecule has 1 aromatic heterocycles. The molecule has 106 valence electrons. The molecule has 0 bridgehead atoms. The normalized spacial score (nSPS) is 18.0. The van der Waals surface area contributed by atoms with Crippen LogP contribution in [0.4, 0.5) is 0 Å². The molecule has 0 aliphatic heterocycles. The lowest BCUT2D eigenvalue weighted by Gasteiger charge is -2.40. The maximum Gasteiger partial charge on any atom is 0.305 e. The fourth-order valence-electron chi connectivity index (χ4n) is 2.11. The third kappa shape index (κ3) is 3.10. The van der Waals surface area contributed by atoms with Crippen molar-refractivity contribution in [3.8, 4) is 0 Å². The maximum absolute atomic E-state index is 12.2. The Morgan fingerprint density at radius 1 is 1.58 bits per heavy atom. The zero-order chi connectivity index (χ0) is 14.3. The number of sulfonamides is 1. The minimum Gasteiger partial charge on any atom is -0.481 e. The van der Waals surface area contributed by atoms with Crippen molar-refractivity contribution in [3.63, 3.8) is 0 Å². The highest BCUT2D eigenvalue weighted by Crippen LogP contribution is 2.38. The largest absolute Gasteiger partial charge is 0.481 e. The highest BCUT2D eigenvalue weighted by molar-refractivity contribution is 7.91. The Morgan fingerprint density at radius 3 is 2.58 bits per heavy atom. The van der Waals surface area contributed by atoms with Gasteiger partial charge in [0.15, 0.2) is 0 Å². The van der Waals surface area contributed by atoms with Crippen molar-refractivity contribution in [3.05, 3.63) is 16.0 Å². The number of nitrogens with one attached hydrogen (secondary N) is 1. The van der Waals surface area contributed by atoms with Crippen LogP contribution >= 0.6 is 22.9 Å². The minimum absolute atomic E-state index is 0.131. The summed E-state index contributed by atoms with van der Waals surface area (Å²) in [4.78, 5) is 10.8. The number of carbonyl (C=O) groups is 1. The van der Waals surface area contributed by atoms with E-state index < -0.39 is 21.5 Å². The zero-order valence-corrected chi connectivity index (χ0v) is 12.7. The molecule has 1 heterocycles. The van der Waals surface area contributed by atoms with Gasteiger partial charge in [-0.1, -0.05) is 11.6 Å². The number of thiophene rings is 1. The number of hydrogen-bond acceptors (Lipinski definition) is 4. The van der Waals surface area contributed by atoms with Crippen molar-refractivity contribution < 1.29 is 18.3 Å². The average molecular weight is 324 g/mol. The number of aryl methyl sites for hydroxylation is 1. The summed E-state index contributed by atoms with van der Waals surface area (Å²) in [6, 6.07) is 1.50. The van der Waals surface area contributed by atoms with E-state index in [-0.39, 0.29) is 10.6 Å². The van der Waals surface area contributed by atoms with Gasteiger partial charge < -0.3 is 5.11 Å². The van der Waals surface area contributed by atoms with Crippen molar-refractivity contribution in [1.82, 2.24) is 4.72 Å². The first kappa shape index (κ1) is 14.8. The Morgan fingerprint density at radius 2 is 2.21 bits per heavy atom. The molecule has 0 radical (unpaired) electrons. The van der Waals surface area contributed by atoms with Crippen molar-refractivity contribution >= 4 is 38.9 Å². The number of carboxylic acids is 1. The summed E-state index contributed by atoms with van der Waals surface area (Å²) in [5.41, 5.74) is -0.136. The topological polar surface area (TPSA) is 83.5 Å². The van der Waals surface area contributed by atoms with Gasteiger partial charge in [0.2, 0.25) is 0 Å². The summed E-state index contributed by atoms with van der Waals surface area (Å²) in [7, 11) is -3.71. The molecule has 0 amide bonds. The third-order valence-corrected chi connectivity index (χ3v) is 6.86. The molecule has 1 fully saturated rings. The molecular formula is C11H14ClNO4S2.